The quantitative estimate of drug-likeness (QED) is 0.696. The summed E-state index contributed by atoms with van der Waals surface area (Å²) >= 11 is 13.1. The van der Waals surface area contributed by atoms with Crippen LogP contribution in [0.2, 0.25) is 5.02 Å². The van der Waals surface area contributed by atoms with Crippen molar-refractivity contribution in [2.75, 3.05) is 11.6 Å². The van der Waals surface area contributed by atoms with E-state index in [-0.39, 0.29) is 0 Å². The predicted molar refractivity (Wildman–Crippen MR) is 76.3 cm³/mol. The fourth-order valence-corrected chi connectivity index (χ4v) is 2.34. The average molecular weight is 301 g/mol. The highest BCUT2D eigenvalue weighted by molar-refractivity contribution is 7.99. The van der Waals surface area contributed by atoms with Crippen molar-refractivity contribution < 1.29 is 0 Å². The van der Waals surface area contributed by atoms with Gasteiger partial charge in [-0.3, -0.25) is 0 Å². The topological polar surface area (TPSA) is 56.7 Å². The van der Waals surface area contributed by atoms with Crippen LogP contribution >= 0.6 is 35.0 Å². The first kappa shape index (κ1) is 13.3. The van der Waals surface area contributed by atoms with Gasteiger partial charge < -0.3 is 5.84 Å². The van der Waals surface area contributed by atoms with E-state index in [0.29, 0.717) is 26.8 Å². The first-order valence-electron chi connectivity index (χ1n) is 5.01. The maximum Gasteiger partial charge on any atom is 0.210 e. The molecule has 0 radical (unpaired) electrons. The van der Waals surface area contributed by atoms with Crippen molar-refractivity contribution in [1.29, 1.82) is 0 Å². The molecule has 1 aromatic carbocycles. The zero-order valence-corrected chi connectivity index (χ0v) is 11.6. The number of aromatic nitrogens is 3. The van der Waals surface area contributed by atoms with Crippen molar-refractivity contribution in [1.82, 2.24) is 14.9 Å². The molecule has 0 atom stereocenters. The van der Waals surface area contributed by atoms with Gasteiger partial charge in [0.2, 0.25) is 5.16 Å². The standard InChI is InChI=1S/C11H10Cl2N4S/c1-7(12)6-18-11-16-15-10(17(11)14)8-4-2-3-5-9(8)13/h2-5H,1,6,14H2. The number of rotatable bonds is 4. The molecule has 94 valence electrons. The Kier molecular flexibility index (Phi) is 4.16. The minimum Gasteiger partial charge on any atom is -0.335 e. The molecule has 1 aromatic heterocycles. The van der Waals surface area contributed by atoms with E-state index in [0.717, 1.165) is 5.56 Å². The van der Waals surface area contributed by atoms with Gasteiger partial charge in [-0.1, -0.05) is 53.7 Å². The molecule has 0 amide bonds. The number of hydrogen-bond donors (Lipinski definition) is 1. The van der Waals surface area contributed by atoms with Gasteiger partial charge in [-0.2, -0.15) is 0 Å². The van der Waals surface area contributed by atoms with Crippen molar-refractivity contribution in [3.05, 3.63) is 40.9 Å². The summed E-state index contributed by atoms with van der Waals surface area (Å²) in [6.07, 6.45) is 0. The summed E-state index contributed by atoms with van der Waals surface area (Å²) in [6, 6.07) is 7.32. The lowest BCUT2D eigenvalue weighted by atomic mass is 10.2. The van der Waals surface area contributed by atoms with E-state index in [1.807, 2.05) is 18.2 Å². The highest BCUT2D eigenvalue weighted by Gasteiger charge is 2.14. The highest BCUT2D eigenvalue weighted by atomic mass is 35.5. The van der Waals surface area contributed by atoms with E-state index >= 15 is 0 Å². The third-order valence-corrected chi connectivity index (χ3v) is 3.79. The Labute approximate surface area is 119 Å². The second-order valence-corrected chi connectivity index (χ2v) is 5.35. The molecule has 2 rings (SSSR count). The molecular weight excluding hydrogens is 291 g/mol. The molecule has 0 spiro atoms. The normalized spacial score (nSPS) is 10.6. The Balaban J connectivity index is 2.31. The highest BCUT2D eigenvalue weighted by Crippen LogP contribution is 2.28. The van der Waals surface area contributed by atoms with Crippen molar-refractivity contribution >= 4 is 35.0 Å². The van der Waals surface area contributed by atoms with Gasteiger partial charge in [0.1, 0.15) is 0 Å². The molecule has 7 heteroatoms. The van der Waals surface area contributed by atoms with Crippen molar-refractivity contribution in [2.45, 2.75) is 5.16 Å². The van der Waals surface area contributed by atoms with Crippen LogP contribution in [-0.4, -0.2) is 20.6 Å². The molecule has 0 saturated carbocycles. The molecule has 0 unspecified atom stereocenters. The minimum atomic E-state index is 0.517. The number of halogens is 2. The number of nitrogens with two attached hydrogens (primary N) is 1. The lowest BCUT2D eigenvalue weighted by Gasteiger charge is -2.04. The van der Waals surface area contributed by atoms with Crippen LogP contribution in [0.1, 0.15) is 0 Å². The Morgan fingerprint density at radius 3 is 2.78 bits per heavy atom. The smallest absolute Gasteiger partial charge is 0.210 e. The molecule has 2 N–H and O–H groups in total. The molecule has 18 heavy (non-hydrogen) atoms. The first-order valence-corrected chi connectivity index (χ1v) is 6.75. The van der Waals surface area contributed by atoms with E-state index in [1.54, 1.807) is 6.07 Å². The molecule has 0 fully saturated rings. The summed E-state index contributed by atoms with van der Waals surface area (Å²) in [5.74, 6) is 6.97. The number of nitrogens with zero attached hydrogens (tertiary/aromatic N) is 3. The van der Waals surface area contributed by atoms with Crippen LogP contribution < -0.4 is 5.84 Å². The van der Waals surface area contributed by atoms with Gasteiger partial charge >= 0.3 is 0 Å². The predicted octanol–water partition coefficient (Wildman–Crippen LogP) is 3.16. The fraction of sp³-hybridized carbons (Fsp3) is 0.0909. The summed E-state index contributed by atoms with van der Waals surface area (Å²) in [5, 5.41) is 9.70. The number of nitrogen functional groups attached to an aromatic ring is 1. The van der Waals surface area contributed by atoms with Crippen LogP contribution in [0.3, 0.4) is 0 Å². The summed E-state index contributed by atoms with van der Waals surface area (Å²) in [6.45, 7) is 3.60. The Bertz CT molecular complexity index is 582. The number of thioether (sulfide) groups is 1. The van der Waals surface area contributed by atoms with Gasteiger partial charge in [-0.05, 0) is 12.1 Å². The summed E-state index contributed by atoms with van der Waals surface area (Å²) in [5.41, 5.74) is 0.741. The molecule has 0 aliphatic carbocycles. The third-order valence-electron chi connectivity index (χ3n) is 2.14. The molecule has 0 saturated heterocycles. The van der Waals surface area contributed by atoms with E-state index in [2.05, 4.69) is 16.8 Å². The molecule has 1 heterocycles. The lowest BCUT2D eigenvalue weighted by molar-refractivity contribution is 0.851. The molecule has 2 aromatic rings. The van der Waals surface area contributed by atoms with Crippen molar-refractivity contribution in [3.63, 3.8) is 0 Å². The SMILES string of the molecule is C=C(Cl)CSc1nnc(-c2ccccc2Cl)n1N. The fourth-order valence-electron chi connectivity index (χ4n) is 1.34. The zero-order chi connectivity index (χ0) is 13.1. The van der Waals surface area contributed by atoms with Gasteiger partial charge in [0, 0.05) is 16.3 Å². The summed E-state index contributed by atoms with van der Waals surface area (Å²) in [4.78, 5) is 0. The van der Waals surface area contributed by atoms with Crippen LogP contribution in [0.5, 0.6) is 0 Å². The first-order chi connectivity index (χ1) is 8.59. The van der Waals surface area contributed by atoms with Crippen molar-refractivity contribution in [3.8, 4) is 11.4 Å². The molecular formula is C11H10Cl2N4S. The van der Waals surface area contributed by atoms with E-state index in [4.69, 9.17) is 29.0 Å². The lowest BCUT2D eigenvalue weighted by Crippen LogP contribution is -2.11. The average Bonchev–Trinajstić information content (AvgIpc) is 2.69. The Morgan fingerprint density at radius 1 is 1.39 bits per heavy atom. The van der Waals surface area contributed by atoms with Gasteiger partial charge in [-0.25, -0.2) is 4.68 Å². The van der Waals surface area contributed by atoms with Crippen LogP contribution in [-0.2, 0) is 0 Å². The second kappa shape index (κ2) is 5.65. The van der Waals surface area contributed by atoms with Gasteiger partial charge in [0.15, 0.2) is 5.82 Å². The van der Waals surface area contributed by atoms with E-state index in [1.165, 1.54) is 16.4 Å². The van der Waals surface area contributed by atoms with Gasteiger partial charge in [0.25, 0.3) is 0 Å². The van der Waals surface area contributed by atoms with Crippen LogP contribution in [0, 0.1) is 0 Å². The van der Waals surface area contributed by atoms with E-state index in [9.17, 15) is 0 Å². The number of benzene rings is 1. The second-order valence-electron chi connectivity index (χ2n) is 3.46. The Hall–Kier alpha value is -1.17. The number of hydrogen-bond acceptors (Lipinski definition) is 4. The Morgan fingerprint density at radius 2 is 2.11 bits per heavy atom. The molecule has 0 bridgehead atoms. The molecule has 0 aliphatic rings. The monoisotopic (exact) mass is 300 g/mol. The summed E-state index contributed by atoms with van der Waals surface area (Å²) < 4.78 is 1.39. The van der Waals surface area contributed by atoms with Crippen molar-refractivity contribution in [2.24, 2.45) is 0 Å². The molecule has 0 aliphatic heterocycles. The van der Waals surface area contributed by atoms with Gasteiger partial charge in [0.05, 0.1) is 5.02 Å². The summed E-state index contributed by atoms with van der Waals surface area (Å²) in [7, 11) is 0. The maximum atomic E-state index is 6.09. The zero-order valence-electron chi connectivity index (χ0n) is 9.31. The van der Waals surface area contributed by atoms with Crippen LogP contribution in [0.25, 0.3) is 11.4 Å². The van der Waals surface area contributed by atoms with E-state index < -0.39 is 0 Å². The van der Waals surface area contributed by atoms with Crippen LogP contribution in [0.15, 0.2) is 41.0 Å². The van der Waals surface area contributed by atoms with Crippen LogP contribution in [0.4, 0.5) is 0 Å². The third kappa shape index (κ3) is 2.80. The largest absolute Gasteiger partial charge is 0.335 e. The minimum absolute atomic E-state index is 0.517. The molecule has 4 nitrogen and oxygen atoms in total. The van der Waals surface area contributed by atoms with Gasteiger partial charge in [-0.15, -0.1) is 10.2 Å². The maximum absolute atomic E-state index is 6.09.